The second-order valence-corrected chi connectivity index (χ2v) is 21.7. The molecule has 0 bridgehead atoms. The number of hydrogen-bond donors (Lipinski definition) is 0. The minimum Gasteiger partial charge on any atom is -0.462 e. The van der Waals surface area contributed by atoms with Gasteiger partial charge in [0, 0.05) is 19.3 Å². The van der Waals surface area contributed by atoms with Crippen molar-refractivity contribution in [2.24, 2.45) is 0 Å². The molecule has 6 heteroatoms. The van der Waals surface area contributed by atoms with Gasteiger partial charge in [-0.15, -0.1) is 0 Å². The van der Waals surface area contributed by atoms with Crippen LogP contribution in [0, 0.1) is 0 Å². The SMILES string of the molecule is CC/C=C\C/C=C\C/C=C\C/C=C\C/C=C\CCCCCCCCCC(=O)OCC(COC(=O)CCCCCCCCCCCCCCCC)OC(=O)CCCCCCCCCCCCCCCCCCCCC. The van der Waals surface area contributed by atoms with E-state index < -0.39 is 6.10 Å². The number of ether oxygens (including phenoxy) is 3. The molecular weight excluding hydrogens is 913 g/mol. The average molecular weight is 1040 g/mol. The van der Waals surface area contributed by atoms with Gasteiger partial charge in [-0.2, -0.15) is 0 Å². The van der Waals surface area contributed by atoms with Gasteiger partial charge in [-0.05, 0) is 64.2 Å². The minimum absolute atomic E-state index is 0.0727. The van der Waals surface area contributed by atoms with E-state index in [1.807, 2.05) is 0 Å². The molecule has 0 saturated carbocycles. The Morgan fingerprint density at radius 3 is 0.824 bits per heavy atom. The number of unbranched alkanes of at least 4 members (excludes halogenated alkanes) is 38. The van der Waals surface area contributed by atoms with Crippen LogP contribution in [0.15, 0.2) is 60.8 Å². The van der Waals surface area contributed by atoms with Gasteiger partial charge in [0.1, 0.15) is 13.2 Å². The van der Waals surface area contributed by atoms with Crippen LogP contribution in [-0.2, 0) is 28.6 Å². The van der Waals surface area contributed by atoms with Crippen LogP contribution in [0.4, 0.5) is 0 Å². The minimum atomic E-state index is -0.776. The normalized spacial score (nSPS) is 12.4. The predicted octanol–water partition coefficient (Wildman–Crippen LogP) is 21.9. The molecule has 0 aliphatic carbocycles. The molecule has 430 valence electrons. The summed E-state index contributed by atoms with van der Waals surface area (Å²) in [5, 5.41) is 0. The lowest BCUT2D eigenvalue weighted by Crippen LogP contribution is -2.30. The molecule has 0 spiro atoms. The van der Waals surface area contributed by atoms with Gasteiger partial charge in [-0.25, -0.2) is 0 Å². The molecule has 0 heterocycles. The summed E-state index contributed by atoms with van der Waals surface area (Å²) < 4.78 is 16.9. The van der Waals surface area contributed by atoms with Crippen molar-refractivity contribution >= 4 is 17.9 Å². The largest absolute Gasteiger partial charge is 0.462 e. The van der Waals surface area contributed by atoms with E-state index in [-0.39, 0.29) is 31.1 Å². The van der Waals surface area contributed by atoms with E-state index in [2.05, 4.69) is 81.5 Å². The summed E-state index contributed by atoms with van der Waals surface area (Å²) in [5.41, 5.74) is 0. The zero-order valence-electron chi connectivity index (χ0n) is 49.4. The Bertz CT molecular complexity index is 1330. The lowest BCUT2D eigenvalue weighted by molar-refractivity contribution is -0.167. The van der Waals surface area contributed by atoms with E-state index in [1.54, 1.807) is 0 Å². The van der Waals surface area contributed by atoms with Crippen molar-refractivity contribution in [2.45, 2.75) is 341 Å². The quantitative estimate of drug-likeness (QED) is 0.0261. The maximum absolute atomic E-state index is 12.9. The fourth-order valence-electron chi connectivity index (χ4n) is 9.47. The summed E-state index contributed by atoms with van der Waals surface area (Å²) in [6.45, 7) is 6.57. The van der Waals surface area contributed by atoms with E-state index in [1.165, 1.54) is 199 Å². The van der Waals surface area contributed by atoms with Crippen LogP contribution in [0.1, 0.15) is 335 Å². The Labute approximate surface area is 460 Å². The third-order valence-electron chi connectivity index (χ3n) is 14.3. The summed E-state index contributed by atoms with van der Waals surface area (Å²) in [6, 6.07) is 0. The van der Waals surface area contributed by atoms with Crippen molar-refractivity contribution in [3.63, 3.8) is 0 Å². The highest BCUT2D eigenvalue weighted by Crippen LogP contribution is 2.17. The van der Waals surface area contributed by atoms with E-state index >= 15 is 0 Å². The maximum atomic E-state index is 12.9. The highest BCUT2D eigenvalue weighted by Gasteiger charge is 2.19. The summed E-state index contributed by atoms with van der Waals surface area (Å²) in [5.74, 6) is -0.862. The molecule has 0 aromatic rings. The van der Waals surface area contributed by atoms with Crippen molar-refractivity contribution in [1.29, 1.82) is 0 Å². The van der Waals surface area contributed by atoms with Gasteiger partial charge < -0.3 is 14.2 Å². The third-order valence-corrected chi connectivity index (χ3v) is 14.3. The topological polar surface area (TPSA) is 78.9 Å². The highest BCUT2D eigenvalue weighted by molar-refractivity contribution is 5.71. The molecule has 0 radical (unpaired) electrons. The number of allylic oxidation sites excluding steroid dienone is 10. The van der Waals surface area contributed by atoms with Crippen molar-refractivity contribution in [2.75, 3.05) is 13.2 Å². The van der Waals surface area contributed by atoms with Crippen LogP contribution in [0.3, 0.4) is 0 Å². The standard InChI is InChI=1S/C68H122O6/c1-4-7-10-13-16-19-22-25-28-30-32-33-34-35-37-38-40-43-46-49-52-55-58-61-67(70)73-64-65(63-72-66(69)60-57-54-51-48-45-42-27-24-21-18-15-12-9-6-3)74-68(71)62-59-56-53-50-47-44-41-39-36-31-29-26-23-20-17-14-11-8-5-2/h7,10,16,19,25,28,32-33,35,37,65H,4-6,8-9,11-15,17-18,20-24,26-27,29-31,34,36,38-64H2,1-3H3/b10-7-,19-16-,28-25-,33-32-,37-35-. The van der Waals surface area contributed by atoms with E-state index in [0.717, 1.165) is 96.3 Å². The Balaban J connectivity index is 4.33. The first-order chi connectivity index (χ1) is 36.5. The highest BCUT2D eigenvalue weighted by atomic mass is 16.6. The third kappa shape index (κ3) is 60.0. The Kier molecular flexibility index (Phi) is 60.2. The summed E-state index contributed by atoms with van der Waals surface area (Å²) in [7, 11) is 0. The molecule has 6 nitrogen and oxygen atoms in total. The van der Waals surface area contributed by atoms with Crippen LogP contribution >= 0.6 is 0 Å². The van der Waals surface area contributed by atoms with Gasteiger partial charge in [0.2, 0.25) is 0 Å². The molecule has 1 unspecified atom stereocenters. The molecule has 0 saturated heterocycles. The zero-order chi connectivity index (χ0) is 53.6. The average Bonchev–Trinajstić information content (AvgIpc) is 3.40. The lowest BCUT2D eigenvalue weighted by atomic mass is 10.0. The van der Waals surface area contributed by atoms with Crippen molar-refractivity contribution in [3.05, 3.63) is 60.8 Å². The first-order valence-corrected chi connectivity index (χ1v) is 32.3. The molecule has 0 fully saturated rings. The molecule has 0 amide bonds. The van der Waals surface area contributed by atoms with Gasteiger partial charge in [-0.3, -0.25) is 14.4 Å². The summed E-state index contributed by atoms with van der Waals surface area (Å²) in [6.07, 6.45) is 79.3. The van der Waals surface area contributed by atoms with Gasteiger partial charge in [-0.1, -0.05) is 313 Å². The molecule has 74 heavy (non-hydrogen) atoms. The molecule has 0 rings (SSSR count). The molecule has 0 aromatic heterocycles. The van der Waals surface area contributed by atoms with Crippen molar-refractivity contribution in [1.82, 2.24) is 0 Å². The van der Waals surface area contributed by atoms with Gasteiger partial charge in [0.05, 0.1) is 0 Å². The Hall–Kier alpha value is -2.89. The Morgan fingerprint density at radius 2 is 0.527 bits per heavy atom. The molecular formula is C68H122O6. The smallest absolute Gasteiger partial charge is 0.306 e. The molecule has 1 atom stereocenters. The second-order valence-electron chi connectivity index (χ2n) is 21.7. The van der Waals surface area contributed by atoms with Crippen molar-refractivity contribution < 1.29 is 28.6 Å². The van der Waals surface area contributed by atoms with Gasteiger partial charge in [0.25, 0.3) is 0 Å². The molecule has 0 aliphatic heterocycles. The Morgan fingerprint density at radius 1 is 0.284 bits per heavy atom. The van der Waals surface area contributed by atoms with Crippen LogP contribution in [0.25, 0.3) is 0 Å². The van der Waals surface area contributed by atoms with Crippen LogP contribution in [0.5, 0.6) is 0 Å². The molecule has 0 aliphatic rings. The fraction of sp³-hybridized carbons (Fsp3) is 0.809. The second kappa shape index (κ2) is 62.6. The van der Waals surface area contributed by atoms with E-state index in [4.69, 9.17) is 14.2 Å². The first-order valence-electron chi connectivity index (χ1n) is 32.3. The monoisotopic (exact) mass is 1030 g/mol. The zero-order valence-corrected chi connectivity index (χ0v) is 49.4. The summed E-state index contributed by atoms with van der Waals surface area (Å²) >= 11 is 0. The first kappa shape index (κ1) is 71.1. The van der Waals surface area contributed by atoms with Crippen LogP contribution < -0.4 is 0 Å². The summed E-state index contributed by atoms with van der Waals surface area (Å²) in [4.78, 5) is 38.3. The maximum Gasteiger partial charge on any atom is 0.306 e. The molecule has 0 aromatic carbocycles. The van der Waals surface area contributed by atoms with Crippen LogP contribution in [-0.4, -0.2) is 37.2 Å². The predicted molar refractivity (Wildman–Crippen MR) is 321 cm³/mol. The van der Waals surface area contributed by atoms with Gasteiger partial charge in [0.15, 0.2) is 6.10 Å². The lowest BCUT2D eigenvalue weighted by Gasteiger charge is -2.18. The van der Waals surface area contributed by atoms with E-state index in [0.29, 0.717) is 19.3 Å². The fourth-order valence-corrected chi connectivity index (χ4v) is 9.47. The number of carbonyl (C=O) groups excluding carboxylic acids is 3. The number of carbonyl (C=O) groups is 3. The number of hydrogen-bond acceptors (Lipinski definition) is 6. The number of esters is 3. The molecule has 0 N–H and O–H groups in total. The van der Waals surface area contributed by atoms with Gasteiger partial charge >= 0.3 is 17.9 Å². The van der Waals surface area contributed by atoms with E-state index in [9.17, 15) is 14.4 Å². The number of rotatable bonds is 59. The van der Waals surface area contributed by atoms with Crippen molar-refractivity contribution in [3.8, 4) is 0 Å². The van der Waals surface area contributed by atoms with Crippen LogP contribution in [0.2, 0.25) is 0 Å².